The summed E-state index contributed by atoms with van der Waals surface area (Å²) in [4.78, 5) is 31.2. The van der Waals surface area contributed by atoms with Crippen LogP contribution >= 0.6 is 0 Å². The first-order valence-electron chi connectivity index (χ1n) is 11.8. The largest absolute Gasteiger partial charge is 0.461 e. The molecule has 1 amide bonds. The lowest BCUT2D eigenvalue weighted by Crippen LogP contribution is -2.33. The number of nitrogens with zero attached hydrogens (tertiary/aromatic N) is 2. The molecule has 0 bridgehead atoms. The summed E-state index contributed by atoms with van der Waals surface area (Å²) in [5.74, 6) is 0.588. The number of amides is 1. The van der Waals surface area contributed by atoms with Crippen LogP contribution in [0.3, 0.4) is 0 Å². The summed E-state index contributed by atoms with van der Waals surface area (Å²) in [5, 5.41) is 0. The minimum atomic E-state index is -0.544. The predicted molar refractivity (Wildman–Crippen MR) is 134 cm³/mol. The van der Waals surface area contributed by atoms with E-state index >= 15 is 0 Å². The lowest BCUT2D eigenvalue weighted by Gasteiger charge is -2.21. The number of esters is 1. The number of ether oxygens (including phenoxy) is 2. The molecule has 3 aromatic carbocycles. The minimum absolute atomic E-state index is 0.136. The topological polar surface area (TPSA) is 81.9 Å². The van der Waals surface area contributed by atoms with Gasteiger partial charge in [0.05, 0.1) is 6.54 Å². The van der Waals surface area contributed by atoms with E-state index in [0.717, 1.165) is 16.7 Å². The fourth-order valence-electron chi connectivity index (χ4n) is 4.41. The number of benzene rings is 3. The molecular formula is C29H26N2O5. The van der Waals surface area contributed by atoms with Crippen molar-refractivity contribution in [2.75, 3.05) is 6.54 Å². The average molecular weight is 483 g/mol. The molecule has 1 saturated heterocycles. The molecule has 2 atom stereocenters. The molecule has 0 spiro atoms. The summed E-state index contributed by atoms with van der Waals surface area (Å²) >= 11 is 0. The van der Waals surface area contributed by atoms with Gasteiger partial charge in [-0.25, -0.2) is 9.78 Å². The van der Waals surface area contributed by atoms with E-state index in [0.29, 0.717) is 23.8 Å². The summed E-state index contributed by atoms with van der Waals surface area (Å²) in [7, 11) is 0. The number of hydrogen-bond acceptors (Lipinski definition) is 6. The summed E-state index contributed by atoms with van der Waals surface area (Å²) < 4.78 is 17.4. The second kappa shape index (κ2) is 10.5. The molecule has 0 saturated carbocycles. The number of carbonyl (C=O) groups excluding carboxylic acids is 2. The van der Waals surface area contributed by atoms with Crippen LogP contribution in [0.1, 0.15) is 30.8 Å². The summed E-state index contributed by atoms with van der Waals surface area (Å²) in [5.41, 5.74) is 3.35. The molecule has 36 heavy (non-hydrogen) atoms. The highest BCUT2D eigenvalue weighted by molar-refractivity contribution is 5.77. The fourth-order valence-corrected chi connectivity index (χ4v) is 4.41. The average Bonchev–Trinajstić information content (AvgIpc) is 3.53. The Hall–Kier alpha value is -4.39. The smallest absolute Gasteiger partial charge is 0.410 e. The normalized spacial score (nSPS) is 17.1. The van der Waals surface area contributed by atoms with Gasteiger partial charge in [-0.05, 0) is 5.56 Å². The molecule has 7 heteroatoms. The van der Waals surface area contributed by atoms with Gasteiger partial charge in [-0.15, -0.1) is 0 Å². The van der Waals surface area contributed by atoms with Gasteiger partial charge in [0, 0.05) is 24.5 Å². The van der Waals surface area contributed by atoms with Crippen LogP contribution in [0.4, 0.5) is 4.79 Å². The molecule has 1 aliphatic rings. The van der Waals surface area contributed by atoms with Gasteiger partial charge in [-0.1, -0.05) is 91.0 Å². The molecule has 4 aromatic rings. The molecule has 1 aromatic heterocycles. The SMILES string of the molecule is CC(=O)O[C@@H]1C[C@H](c2nc(-c3ccccc3)c(-c3ccccc3)o2)N(C(=O)OCc2ccccc2)C1. The third-order valence-electron chi connectivity index (χ3n) is 6.05. The van der Waals surface area contributed by atoms with E-state index in [1.165, 1.54) is 11.8 Å². The zero-order valence-corrected chi connectivity index (χ0v) is 19.9. The molecule has 2 heterocycles. The number of oxazole rings is 1. The van der Waals surface area contributed by atoms with Crippen LogP contribution in [0.15, 0.2) is 95.4 Å². The van der Waals surface area contributed by atoms with Crippen LogP contribution in [0.5, 0.6) is 0 Å². The number of carbonyl (C=O) groups is 2. The van der Waals surface area contributed by atoms with Gasteiger partial charge in [0.1, 0.15) is 24.4 Å². The molecule has 1 fully saturated rings. The van der Waals surface area contributed by atoms with Crippen molar-refractivity contribution in [2.45, 2.75) is 32.1 Å². The first-order chi connectivity index (χ1) is 17.6. The molecule has 0 radical (unpaired) electrons. The highest BCUT2D eigenvalue weighted by atomic mass is 16.6. The Balaban J connectivity index is 1.48. The first kappa shape index (κ1) is 23.4. The highest BCUT2D eigenvalue weighted by Gasteiger charge is 2.42. The van der Waals surface area contributed by atoms with E-state index in [-0.39, 0.29) is 13.2 Å². The number of hydrogen-bond donors (Lipinski definition) is 0. The third kappa shape index (κ3) is 5.15. The molecule has 5 rings (SSSR count). The van der Waals surface area contributed by atoms with E-state index in [4.69, 9.17) is 18.9 Å². The number of aromatic nitrogens is 1. The second-order valence-electron chi connectivity index (χ2n) is 8.64. The zero-order chi connectivity index (χ0) is 24.9. The van der Waals surface area contributed by atoms with Crippen LogP contribution in [0.2, 0.25) is 0 Å². The van der Waals surface area contributed by atoms with Crippen molar-refractivity contribution in [3.63, 3.8) is 0 Å². The number of rotatable bonds is 6. The van der Waals surface area contributed by atoms with Crippen LogP contribution < -0.4 is 0 Å². The molecule has 7 nitrogen and oxygen atoms in total. The van der Waals surface area contributed by atoms with E-state index in [9.17, 15) is 9.59 Å². The summed E-state index contributed by atoms with van der Waals surface area (Å²) in [6.45, 7) is 1.69. The maximum absolute atomic E-state index is 13.2. The van der Waals surface area contributed by atoms with Crippen LogP contribution in [0.25, 0.3) is 22.6 Å². The van der Waals surface area contributed by atoms with Gasteiger partial charge < -0.3 is 13.9 Å². The van der Waals surface area contributed by atoms with Crippen LogP contribution in [-0.2, 0) is 20.9 Å². The lowest BCUT2D eigenvalue weighted by atomic mass is 10.1. The highest BCUT2D eigenvalue weighted by Crippen LogP contribution is 2.39. The van der Waals surface area contributed by atoms with Gasteiger partial charge in [0.25, 0.3) is 0 Å². The van der Waals surface area contributed by atoms with Gasteiger partial charge >= 0.3 is 12.1 Å². The predicted octanol–water partition coefficient (Wildman–Crippen LogP) is 6.02. The second-order valence-corrected chi connectivity index (χ2v) is 8.64. The molecule has 182 valence electrons. The molecule has 0 N–H and O–H groups in total. The van der Waals surface area contributed by atoms with Gasteiger partial charge in [-0.2, -0.15) is 0 Å². The molecule has 1 aliphatic heterocycles. The van der Waals surface area contributed by atoms with Gasteiger partial charge in [0.15, 0.2) is 5.76 Å². The Labute approximate surface area is 209 Å². The quantitative estimate of drug-likeness (QED) is 0.312. The van der Waals surface area contributed by atoms with Crippen LogP contribution in [-0.4, -0.2) is 34.6 Å². The van der Waals surface area contributed by atoms with E-state index < -0.39 is 24.2 Å². The van der Waals surface area contributed by atoms with Crippen LogP contribution in [0, 0.1) is 0 Å². The van der Waals surface area contributed by atoms with E-state index in [2.05, 4.69) is 0 Å². The first-order valence-corrected chi connectivity index (χ1v) is 11.8. The molecule has 0 aliphatic carbocycles. The summed E-state index contributed by atoms with van der Waals surface area (Å²) in [6, 6.07) is 28.4. The van der Waals surface area contributed by atoms with Crippen molar-refractivity contribution < 1.29 is 23.5 Å². The fraction of sp³-hybridized carbons (Fsp3) is 0.207. The number of likely N-dealkylation sites (tertiary alicyclic amines) is 1. The minimum Gasteiger partial charge on any atom is -0.461 e. The Bertz CT molecular complexity index is 1260. The lowest BCUT2D eigenvalue weighted by molar-refractivity contribution is -0.145. The van der Waals surface area contributed by atoms with Crippen molar-refractivity contribution in [3.8, 4) is 22.6 Å². The van der Waals surface area contributed by atoms with Crippen molar-refractivity contribution in [1.29, 1.82) is 0 Å². The molecule has 0 unspecified atom stereocenters. The third-order valence-corrected chi connectivity index (χ3v) is 6.05. The maximum Gasteiger partial charge on any atom is 0.410 e. The standard InChI is InChI=1S/C29H26N2O5/c1-20(32)35-24-17-25(31(18-24)29(33)34-19-21-11-5-2-6-12-21)28-30-26(22-13-7-3-8-14-22)27(36-28)23-15-9-4-10-16-23/h2-16,24-25H,17-19H2,1H3/t24-,25-/m1/s1. The Morgan fingerprint density at radius 1 is 0.917 bits per heavy atom. The Morgan fingerprint density at radius 2 is 1.53 bits per heavy atom. The Kier molecular flexibility index (Phi) is 6.80. The Morgan fingerprint density at radius 3 is 2.17 bits per heavy atom. The van der Waals surface area contributed by atoms with E-state index in [1.54, 1.807) is 0 Å². The van der Waals surface area contributed by atoms with Crippen molar-refractivity contribution in [2.24, 2.45) is 0 Å². The van der Waals surface area contributed by atoms with Gasteiger partial charge in [0.2, 0.25) is 5.89 Å². The monoisotopic (exact) mass is 482 g/mol. The van der Waals surface area contributed by atoms with Crippen molar-refractivity contribution in [1.82, 2.24) is 9.88 Å². The van der Waals surface area contributed by atoms with E-state index in [1.807, 2.05) is 91.0 Å². The van der Waals surface area contributed by atoms with Gasteiger partial charge in [-0.3, -0.25) is 9.69 Å². The van der Waals surface area contributed by atoms with Crippen molar-refractivity contribution >= 4 is 12.1 Å². The molecular weight excluding hydrogens is 456 g/mol. The van der Waals surface area contributed by atoms with Crippen molar-refractivity contribution in [3.05, 3.63) is 102 Å². The zero-order valence-electron chi connectivity index (χ0n) is 19.9. The maximum atomic E-state index is 13.2. The summed E-state index contributed by atoms with van der Waals surface area (Å²) in [6.07, 6.45) is -0.633.